The van der Waals surface area contributed by atoms with Crippen molar-refractivity contribution in [2.45, 2.75) is 19.3 Å². The summed E-state index contributed by atoms with van der Waals surface area (Å²) in [5.74, 6) is 1.59. The average Bonchev–Trinajstić information content (AvgIpc) is 2.98. The van der Waals surface area contributed by atoms with Gasteiger partial charge in [0.05, 0.1) is 13.5 Å². The standard InChI is InChI=1S/C13H20N4O2/c1-16(8-5-13(18)19-2)11-9-12(15-10-14-11)17-6-3-4-7-17/h9-10H,3-8H2,1-2H3. The molecule has 1 aliphatic rings. The Morgan fingerprint density at radius 2 is 2.16 bits per heavy atom. The first-order valence-electron chi connectivity index (χ1n) is 6.55. The summed E-state index contributed by atoms with van der Waals surface area (Å²) >= 11 is 0. The summed E-state index contributed by atoms with van der Waals surface area (Å²) in [7, 11) is 3.32. The Kier molecular flexibility index (Phi) is 4.54. The molecule has 0 N–H and O–H groups in total. The van der Waals surface area contributed by atoms with Crippen LogP contribution < -0.4 is 9.80 Å². The molecule has 0 unspecified atom stereocenters. The van der Waals surface area contributed by atoms with E-state index in [1.807, 2.05) is 18.0 Å². The summed E-state index contributed by atoms with van der Waals surface area (Å²) in [6.07, 6.45) is 4.38. The Bertz CT molecular complexity index is 432. The molecule has 6 heteroatoms. The number of anilines is 2. The van der Waals surface area contributed by atoms with E-state index in [1.54, 1.807) is 6.33 Å². The third-order valence-corrected chi connectivity index (χ3v) is 3.34. The molecular formula is C13H20N4O2. The van der Waals surface area contributed by atoms with Gasteiger partial charge in [-0.1, -0.05) is 0 Å². The van der Waals surface area contributed by atoms with Gasteiger partial charge in [-0.15, -0.1) is 0 Å². The second-order valence-corrected chi connectivity index (χ2v) is 4.68. The quantitative estimate of drug-likeness (QED) is 0.742. The lowest BCUT2D eigenvalue weighted by Crippen LogP contribution is -2.24. The summed E-state index contributed by atoms with van der Waals surface area (Å²) in [5.41, 5.74) is 0. The maximum absolute atomic E-state index is 11.1. The third kappa shape index (κ3) is 3.56. The molecule has 6 nitrogen and oxygen atoms in total. The van der Waals surface area contributed by atoms with Crippen LogP contribution in [0.15, 0.2) is 12.4 Å². The van der Waals surface area contributed by atoms with Crippen molar-refractivity contribution in [2.75, 3.05) is 43.6 Å². The fraction of sp³-hybridized carbons (Fsp3) is 0.615. The molecule has 1 saturated heterocycles. The van der Waals surface area contributed by atoms with Crippen molar-refractivity contribution in [3.05, 3.63) is 12.4 Å². The number of hydrogen-bond acceptors (Lipinski definition) is 6. The van der Waals surface area contributed by atoms with Crippen molar-refractivity contribution in [1.29, 1.82) is 0 Å². The van der Waals surface area contributed by atoms with Gasteiger partial charge in [0.25, 0.3) is 0 Å². The van der Waals surface area contributed by atoms with E-state index in [9.17, 15) is 4.79 Å². The molecule has 0 bridgehead atoms. The molecule has 0 saturated carbocycles. The normalized spacial score (nSPS) is 14.5. The van der Waals surface area contributed by atoms with Crippen molar-refractivity contribution in [3.63, 3.8) is 0 Å². The fourth-order valence-corrected chi connectivity index (χ4v) is 2.14. The zero-order valence-corrected chi connectivity index (χ0v) is 11.5. The second kappa shape index (κ2) is 6.36. The lowest BCUT2D eigenvalue weighted by Gasteiger charge is -2.20. The van der Waals surface area contributed by atoms with E-state index in [4.69, 9.17) is 0 Å². The minimum atomic E-state index is -0.208. The lowest BCUT2D eigenvalue weighted by molar-refractivity contribution is -0.140. The van der Waals surface area contributed by atoms with Gasteiger partial charge in [0.15, 0.2) is 0 Å². The summed E-state index contributed by atoms with van der Waals surface area (Å²) in [6.45, 7) is 2.70. The highest BCUT2D eigenvalue weighted by molar-refractivity contribution is 5.70. The number of rotatable bonds is 5. The minimum absolute atomic E-state index is 0.208. The molecule has 104 valence electrons. The first kappa shape index (κ1) is 13.6. The van der Waals surface area contributed by atoms with Crippen LogP contribution >= 0.6 is 0 Å². The Morgan fingerprint density at radius 1 is 1.42 bits per heavy atom. The van der Waals surface area contributed by atoms with Crippen LogP contribution in [0.25, 0.3) is 0 Å². The van der Waals surface area contributed by atoms with Crippen LogP contribution in [0.2, 0.25) is 0 Å². The van der Waals surface area contributed by atoms with Crippen LogP contribution in [0.1, 0.15) is 19.3 Å². The molecule has 0 amide bonds. The van der Waals surface area contributed by atoms with Gasteiger partial charge in [0.2, 0.25) is 0 Å². The third-order valence-electron chi connectivity index (χ3n) is 3.34. The van der Waals surface area contributed by atoms with E-state index >= 15 is 0 Å². The van der Waals surface area contributed by atoms with Crippen molar-refractivity contribution in [1.82, 2.24) is 9.97 Å². The number of aromatic nitrogens is 2. The highest BCUT2D eigenvalue weighted by atomic mass is 16.5. The van der Waals surface area contributed by atoms with Gasteiger partial charge >= 0.3 is 5.97 Å². The molecule has 0 spiro atoms. The molecule has 1 aromatic rings. The fourth-order valence-electron chi connectivity index (χ4n) is 2.14. The summed E-state index contributed by atoms with van der Waals surface area (Å²) in [6, 6.07) is 1.97. The summed E-state index contributed by atoms with van der Waals surface area (Å²) < 4.78 is 4.63. The molecule has 0 radical (unpaired) electrons. The van der Waals surface area contributed by atoms with E-state index in [2.05, 4.69) is 19.6 Å². The van der Waals surface area contributed by atoms with E-state index in [0.29, 0.717) is 13.0 Å². The number of carbonyl (C=O) groups is 1. The van der Waals surface area contributed by atoms with Gasteiger partial charge in [-0.2, -0.15) is 0 Å². The van der Waals surface area contributed by atoms with Crippen LogP contribution in [0, 0.1) is 0 Å². The monoisotopic (exact) mass is 264 g/mol. The Hall–Kier alpha value is -1.85. The van der Waals surface area contributed by atoms with Crippen molar-refractivity contribution in [2.24, 2.45) is 0 Å². The van der Waals surface area contributed by atoms with Crippen LogP contribution in [-0.2, 0) is 9.53 Å². The second-order valence-electron chi connectivity index (χ2n) is 4.68. The average molecular weight is 264 g/mol. The number of nitrogens with zero attached hydrogens (tertiary/aromatic N) is 4. The van der Waals surface area contributed by atoms with Gasteiger partial charge in [0.1, 0.15) is 18.0 Å². The Balaban J connectivity index is 1.99. The van der Waals surface area contributed by atoms with Crippen LogP contribution in [0.3, 0.4) is 0 Å². The molecular weight excluding hydrogens is 244 g/mol. The van der Waals surface area contributed by atoms with Gasteiger partial charge < -0.3 is 14.5 Å². The van der Waals surface area contributed by atoms with E-state index < -0.39 is 0 Å². The lowest BCUT2D eigenvalue weighted by atomic mass is 10.4. The van der Waals surface area contributed by atoms with E-state index in [1.165, 1.54) is 20.0 Å². The number of hydrogen-bond donors (Lipinski definition) is 0. The number of esters is 1. The number of methoxy groups -OCH3 is 1. The number of ether oxygens (including phenoxy) is 1. The Morgan fingerprint density at radius 3 is 2.84 bits per heavy atom. The molecule has 1 fully saturated rings. The van der Waals surface area contributed by atoms with Crippen LogP contribution in [-0.4, -0.2) is 49.7 Å². The smallest absolute Gasteiger partial charge is 0.307 e. The predicted octanol–water partition coefficient (Wildman–Crippen LogP) is 1.08. The largest absolute Gasteiger partial charge is 0.469 e. The highest BCUT2D eigenvalue weighted by Crippen LogP contribution is 2.20. The molecule has 2 heterocycles. The van der Waals surface area contributed by atoms with Crippen LogP contribution in [0.4, 0.5) is 11.6 Å². The van der Waals surface area contributed by atoms with Gasteiger partial charge in [-0.25, -0.2) is 9.97 Å². The summed E-state index contributed by atoms with van der Waals surface area (Å²) in [4.78, 5) is 23.9. The first-order valence-corrected chi connectivity index (χ1v) is 6.55. The Labute approximate surface area is 113 Å². The first-order chi connectivity index (χ1) is 9.20. The SMILES string of the molecule is COC(=O)CCN(C)c1cc(N2CCCC2)ncn1. The zero-order valence-electron chi connectivity index (χ0n) is 11.5. The molecule has 0 atom stereocenters. The molecule has 0 aliphatic carbocycles. The maximum atomic E-state index is 11.1. The summed E-state index contributed by atoms with van der Waals surface area (Å²) in [5, 5.41) is 0. The van der Waals surface area contributed by atoms with Gasteiger partial charge in [-0.05, 0) is 12.8 Å². The molecule has 19 heavy (non-hydrogen) atoms. The van der Waals surface area contributed by atoms with E-state index in [0.717, 1.165) is 24.7 Å². The number of carbonyl (C=O) groups excluding carboxylic acids is 1. The van der Waals surface area contributed by atoms with E-state index in [-0.39, 0.29) is 5.97 Å². The molecule has 2 rings (SSSR count). The van der Waals surface area contributed by atoms with Crippen molar-refractivity contribution >= 4 is 17.6 Å². The highest BCUT2D eigenvalue weighted by Gasteiger charge is 2.15. The predicted molar refractivity (Wildman–Crippen MR) is 73.4 cm³/mol. The molecule has 1 aromatic heterocycles. The molecule has 0 aromatic carbocycles. The van der Waals surface area contributed by atoms with Gasteiger partial charge in [-0.3, -0.25) is 4.79 Å². The van der Waals surface area contributed by atoms with Crippen molar-refractivity contribution < 1.29 is 9.53 Å². The van der Waals surface area contributed by atoms with Crippen molar-refractivity contribution in [3.8, 4) is 0 Å². The zero-order chi connectivity index (χ0) is 13.7. The van der Waals surface area contributed by atoms with Gasteiger partial charge in [0, 0.05) is 32.7 Å². The maximum Gasteiger partial charge on any atom is 0.307 e. The minimum Gasteiger partial charge on any atom is -0.469 e. The molecule has 1 aliphatic heterocycles. The topological polar surface area (TPSA) is 58.6 Å². The van der Waals surface area contributed by atoms with Crippen LogP contribution in [0.5, 0.6) is 0 Å².